The number of hydrogen-bond donors (Lipinski definition) is 2. The summed E-state index contributed by atoms with van der Waals surface area (Å²) in [7, 11) is 4.07. The number of nitrogens with one attached hydrogen (secondary N) is 1. The minimum Gasteiger partial charge on any atom is -0.546 e. The van der Waals surface area contributed by atoms with Crippen molar-refractivity contribution in [1.82, 2.24) is 18.6 Å². The molecule has 2 aromatic rings. The van der Waals surface area contributed by atoms with Crippen LogP contribution in [-0.2, 0) is 12.3 Å². The lowest BCUT2D eigenvalue weighted by atomic mass is 10.6. The van der Waals surface area contributed by atoms with Crippen molar-refractivity contribution in [1.29, 1.82) is 0 Å². The molecule has 2 aromatic heterocycles. The van der Waals surface area contributed by atoms with Crippen LogP contribution in [-0.4, -0.2) is 49.6 Å². The van der Waals surface area contributed by atoms with Crippen molar-refractivity contribution in [3.8, 4) is 0 Å². The van der Waals surface area contributed by atoms with Crippen molar-refractivity contribution in [2.75, 3.05) is 37.4 Å². The van der Waals surface area contributed by atoms with E-state index in [1.54, 1.807) is 23.1 Å². The van der Waals surface area contributed by atoms with E-state index in [-0.39, 0.29) is 5.82 Å². The SMILES string of the molecule is CN(C)Cc1ncc(CSCCNc2n[s+]([O-])nc2N)s1. The third kappa shape index (κ3) is 5.40. The van der Waals surface area contributed by atoms with Gasteiger partial charge in [0.1, 0.15) is 5.01 Å². The fourth-order valence-corrected chi connectivity index (χ4v) is 4.17. The van der Waals surface area contributed by atoms with E-state index in [0.29, 0.717) is 12.4 Å². The molecule has 0 saturated heterocycles. The molecule has 0 bridgehead atoms. The molecule has 7 nitrogen and oxygen atoms in total. The second kappa shape index (κ2) is 7.90. The van der Waals surface area contributed by atoms with Crippen LogP contribution in [0.15, 0.2) is 6.20 Å². The van der Waals surface area contributed by atoms with Crippen LogP contribution in [0.25, 0.3) is 0 Å². The molecule has 10 heteroatoms. The van der Waals surface area contributed by atoms with Crippen LogP contribution in [0.2, 0.25) is 0 Å². The van der Waals surface area contributed by atoms with Gasteiger partial charge < -0.3 is 20.5 Å². The average Bonchev–Trinajstić information content (AvgIpc) is 2.95. The van der Waals surface area contributed by atoms with E-state index in [9.17, 15) is 4.55 Å². The Hall–Kier alpha value is -0.940. The van der Waals surface area contributed by atoms with Gasteiger partial charge >= 0.3 is 0 Å². The molecule has 0 aromatic carbocycles. The lowest BCUT2D eigenvalue weighted by Crippen LogP contribution is -2.09. The molecule has 0 amide bonds. The first kappa shape index (κ1) is 16.4. The van der Waals surface area contributed by atoms with Crippen molar-refractivity contribution in [3.63, 3.8) is 0 Å². The van der Waals surface area contributed by atoms with Crippen LogP contribution in [0.4, 0.5) is 11.6 Å². The van der Waals surface area contributed by atoms with Gasteiger partial charge in [-0.3, -0.25) is 0 Å². The van der Waals surface area contributed by atoms with E-state index in [1.165, 1.54) is 4.88 Å². The van der Waals surface area contributed by atoms with Crippen LogP contribution < -0.4 is 11.1 Å². The number of nitrogens with zero attached hydrogens (tertiary/aromatic N) is 4. The smallest absolute Gasteiger partial charge is 0.232 e. The molecule has 3 N–H and O–H groups in total. The van der Waals surface area contributed by atoms with Gasteiger partial charge in [0.15, 0.2) is 11.1 Å². The summed E-state index contributed by atoms with van der Waals surface area (Å²) in [6.45, 7) is 1.59. The largest absolute Gasteiger partial charge is 0.546 e. The van der Waals surface area contributed by atoms with E-state index < -0.39 is 11.1 Å². The van der Waals surface area contributed by atoms with Gasteiger partial charge in [0, 0.05) is 44.4 Å². The monoisotopic (exact) mass is 346 g/mol. The van der Waals surface area contributed by atoms with Crippen LogP contribution in [0.5, 0.6) is 0 Å². The van der Waals surface area contributed by atoms with Crippen LogP contribution in [0, 0.1) is 0 Å². The zero-order valence-corrected chi connectivity index (χ0v) is 14.4. The van der Waals surface area contributed by atoms with Crippen LogP contribution in [0.3, 0.4) is 0 Å². The van der Waals surface area contributed by atoms with Crippen molar-refractivity contribution >= 4 is 45.9 Å². The number of aromatic nitrogens is 3. The molecule has 1 unspecified atom stereocenters. The molecule has 0 aliphatic heterocycles. The Morgan fingerprint density at radius 2 is 2.29 bits per heavy atom. The molecule has 2 heterocycles. The molecule has 1 atom stereocenters. The fraction of sp³-hybridized carbons (Fsp3) is 0.545. The summed E-state index contributed by atoms with van der Waals surface area (Å²) in [5.74, 6) is 2.49. The first-order valence-corrected chi connectivity index (χ1v) is 9.33. The predicted molar refractivity (Wildman–Crippen MR) is 89.3 cm³/mol. The molecule has 0 spiro atoms. The quantitative estimate of drug-likeness (QED) is 0.549. The Balaban J connectivity index is 1.65. The van der Waals surface area contributed by atoms with Crippen molar-refractivity contribution < 1.29 is 4.55 Å². The molecule has 21 heavy (non-hydrogen) atoms. The topological polar surface area (TPSA) is 103 Å². The highest BCUT2D eigenvalue weighted by atomic mass is 32.2. The number of rotatable bonds is 8. The molecule has 0 saturated carbocycles. The molecule has 0 radical (unpaired) electrons. The highest BCUT2D eigenvalue weighted by molar-refractivity contribution is 7.98. The molecular formula is C11H18N6OS3. The Morgan fingerprint density at radius 3 is 2.95 bits per heavy atom. The fourth-order valence-electron chi connectivity index (χ4n) is 1.57. The molecule has 0 aliphatic rings. The zero-order valence-electron chi connectivity index (χ0n) is 11.9. The molecule has 0 fully saturated rings. The Labute approximate surface area is 135 Å². The molecule has 0 aliphatic carbocycles. The third-order valence-electron chi connectivity index (χ3n) is 2.42. The van der Waals surface area contributed by atoms with Gasteiger partial charge in [-0.05, 0) is 14.1 Å². The highest BCUT2D eigenvalue weighted by Gasteiger charge is 2.11. The number of thiazole rings is 1. The summed E-state index contributed by atoms with van der Waals surface area (Å²) < 4.78 is 18.4. The molecular weight excluding hydrogens is 328 g/mol. The lowest BCUT2D eigenvalue weighted by molar-refractivity contribution is 0.401. The number of nitrogen functional groups attached to an aromatic ring is 1. The number of nitrogens with two attached hydrogens (primary N) is 1. The minimum absolute atomic E-state index is 0.217. The number of thioether (sulfide) groups is 1. The maximum Gasteiger partial charge on any atom is 0.232 e. The summed E-state index contributed by atoms with van der Waals surface area (Å²) in [6, 6.07) is 0. The summed E-state index contributed by atoms with van der Waals surface area (Å²) in [5.41, 5.74) is 5.56. The predicted octanol–water partition coefficient (Wildman–Crippen LogP) is 1.65. The highest BCUT2D eigenvalue weighted by Crippen LogP contribution is 2.21. The number of hydrogen-bond acceptors (Lipinski definition) is 9. The Bertz CT molecular complexity index is 570. The maximum atomic E-state index is 11.0. The van der Waals surface area contributed by atoms with Gasteiger partial charge in [-0.2, -0.15) is 11.8 Å². The van der Waals surface area contributed by atoms with E-state index in [0.717, 1.165) is 23.1 Å². The Morgan fingerprint density at radius 1 is 1.48 bits per heavy atom. The maximum absolute atomic E-state index is 11.0. The van der Waals surface area contributed by atoms with Gasteiger partial charge in [-0.1, -0.05) is 0 Å². The normalized spacial score (nSPS) is 12.1. The molecule has 2 rings (SSSR count). The first-order valence-electron chi connectivity index (χ1n) is 6.30. The van der Waals surface area contributed by atoms with Crippen molar-refractivity contribution in [2.24, 2.45) is 0 Å². The minimum atomic E-state index is -1.55. The second-order valence-electron chi connectivity index (χ2n) is 4.58. The van der Waals surface area contributed by atoms with E-state index in [2.05, 4.69) is 23.9 Å². The zero-order chi connectivity index (χ0) is 15.2. The third-order valence-corrected chi connectivity index (χ3v) is 5.29. The van der Waals surface area contributed by atoms with Crippen LogP contribution >= 0.6 is 34.2 Å². The Kier molecular flexibility index (Phi) is 6.18. The lowest BCUT2D eigenvalue weighted by Gasteiger charge is -2.04. The van der Waals surface area contributed by atoms with Crippen molar-refractivity contribution in [2.45, 2.75) is 12.3 Å². The van der Waals surface area contributed by atoms with Crippen molar-refractivity contribution in [3.05, 3.63) is 16.1 Å². The second-order valence-corrected chi connectivity index (χ2v) is 7.72. The van der Waals surface area contributed by atoms with Gasteiger partial charge in [-0.25, -0.2) is 4.98 Å². The van der Waals surface area contributed by atoms with Gasteiger partial charge in [0.05, 0.1) is 0 Å². The van der Waals surface area contributed by atoms with Gasteiger partial charge in [-0.15, -0.1) is 11.3 Å². The van der Waals surface area contributed by atoms with E-state index >= 15 is 0 Å². The average molecular weight is 347 g/mol. The van der Waals surface area contributed by atoms with E-state index in [1.807, 2.05) is 20.3 Å². The summed E-state index contributed by atoms with van der Waals surface area (Å²) in [5, 5.41) is 4.18. The summed E-state index contributed by atoms with van der Waals surface area (Å²) >= 11 is 2.00. The number of anilines is 2. The first-order chi connectivity index (χ1) is 10.0. The van der Waals surface area contributed by atoms with E-state index in [4.69, 9.17) is 5.73 Å². The summed E-state index contributed by atoms with van der Waals surface area (Å²) in [6.07, 6.45) is 1.94. The van der Waals surface area contributed by atoms with Gasteiger partial charge in [0.2, 0.25) is 11.6 Å². The standard InChI is InChI=1S/C11H18N6OS3/c1-17(2)6-9-14-5-8(20-9)7-19-4-3-13-11-10(12)15-21(18)16-11/h5H,3-4,6-7H2,1-2H3,(H2,12,15)(H,13,16). The summed E-state index contributed by atoms with van der Waals surface area (Å²) in [4.78, 5) is 7.78. The van der Waals surface area contributed by atoms with Crippen LogP contribution in [0.1, 0.15) is 9.88 Å². The van der Waals surface area contributed by atoms with Gasteiger partial charge in [0.25, 0.3) is 0 Å². The molecule has 116 valence electrons.